The summed E-state index contributed by atoms with van der Waals surface area (Å²) < 4.78 is 85.8. The highest BCUT2D eigenvalue weighted by Gasteiger charge is 2.51. The minimum absolute atomic E-state index is 0.0711. The maximum absolute atomic E-state index is 13.3. The molecule has 0 spiro atoms. The average Bonchev–Trinajstić information content (AvgIpc) is 3.24. The Balaban J connectivity index is 1.73. The van der Waals surface area contributed by atoms with E-state index in [9.17, 15) is 31.1 Å². The van der Waals surface area contributed by atoms with Crippen LogP contribution in [0.25, 0.3) is 0 Å². The van der Waals surface area contributed by atoms with Crippen LogP contribution in [-0.2, 0) is 17.1 Å². The van der Waals surface area contributed by atoms with Gasteiger partial charge in [0.05, 0.1) is 23.2 Å². The Bertz CT molecular complexity index is 1050. The monoisotopic (exact) mass is 521 g/mol. The van der Waals surface area contributed by atoms with Crippen LogP contribution < -0.4 is 0 Å². The number of hydrogen-bond donors (Lipinski definition) is 0. The van der Waals surface area contributed by atoms with Gasteiger partial charge < -0.3 is 4.74 Å². The standard InChI is InChI=1S/C22H18BrF6NO2/c1-10-5-15(16(23)6-11(10)2)17-3-4-18-19(32-20(31)30(17)18)12-7-13(21(24,25)26)9-14(8-12)22(27,28)29/h5-9,17-19H,3-4H2,1-2H3/t17-,18-,19+/m0/s1. The fourth-order valence-corrected chi connectivity index (χ4v) is 5.17. The maximum atomic E-state index is 13.3. The zero-order valence-electron chi connectivity index (χ0n) is 16.9. The largest absolute Gasteiger partial charge is 0.439 e. The predicted octanol–water partition coefficient (Wildman–Crippen LogP) is 7.50. The molecule has 2 saturated heterocycles. The van der Waals surface area contributed by atoms with Crippen molar-refractivity contribution in [3.63, 3.8) is 0 Å². The second kappa shape index (κ2) is 7.67. The summed E-state index contributed by atoms with van der Waals surface area (Å²) in [6.45, 7) is 3.86. The molecular formula is C22H18BrF6NO2. The maximum Gasteiger partial charge on any atom is 0.416 e. The number of aryl methyl sites for hydroxylation is 2. The number of cyclic esters (lactones) is 1. The summed E-state index contributed by atoms with van der Waals surface area (Å²) in [5.74, 6) is 0. The molecule has 4 rings (SSSR count). The zero-order valence-corrected chi connectivity index (χ0v) is 18.5. The van der Waals surface area contributed by atoms with Crippen LogP contribution in [0.4, 0.5) is 31.1 Å². The summed E-state index contributed by atoms with van der Waals surface area (Å²) in [6, 6.07) is 4.14. The first-order chi connectivity index (χ1) is 14.8. The van der Waals surface area contributed by atoms with Crippen molar-refractivity contribution in [3.05, 3.63) is 68.2 Å². The Morgan fingerprint density at radius 2 is 1.47 bits per heavy atom. The fourth-order valence-electron chi connectivity index (χ4n) is 4.44. The number of carbonyl (C=O) groups is 1. The number of fused-ring (bicyclic) bond motifs is 1. The molecule has 172 valence electrons. The number of ether oxygens (including phenoxy) is 1. The molecule has 2 aromatic carbocycles. The molecule has 0 saturated carbocycles. The molecule has 3 nitrogen and oxygen atoms in total. The second-order valence-corrected chi connectivity index (χ2v) is 9.02. The Kier molecular flexibility index (Phi) is 5.50. The molecule has 2 aliphatic heterocycles. The third-order valence-corrected chi connectivity index (χ3v) is 6.81. The molecule has 32 heavy (non-hydrogen) atoms. The van der Waals surface area contributed by atoms with Gasteiger partial charge >= 0.3 is 18.4 Å². The number of benzene rings is 2. The number of amides is 1. The first kappa shape index (κ1) is 22.9. The number of rotatable bonds is 2. The van der Waals surface area contributed by atoms with E-state index in [1.165, 1.54) is 4.90 Å². The van der Waals surface area contributed by atoms with Gasteiger partial charge in [-0.2, -0.15) is 26.3 Å². The Morgan fingerprint density at radius 3 is 2.03 bits per heavy atom. The van der Waals surface area contributed by atoms with Crippen LogP contribution in [0.15, 0.2) is 34.8 Å². The minimum atomic E-state index is -4.97. The van der Waals surface area contributed by atoms with E-state index >= 15 is 0 Å². The van der Waals surface area contributed by atoms with Gasteiger partial charge in [0, 0.05) is 4.47 Å². The lowest BCUT2D eigenvalue weighted by atomic mass is 9.96. The molecule has 0 aliphatic carbocycles. The number of halogens is 7. The molecule has 0 unspecified atom stereocenters. The van der Waals surface area contributed by atoms with Crippen molar-refractivity contribution in [1.82, 2.24) is 4.90 Å². The Morgan fingerprint density at radius 1 is 0.906 bits per heavy atom. The van der Waals surface area contributed by atoms with Crippen LogP contribution in [-0.4, -0.2) is 17.0 Å². The molecule has 10 heteroatoms. The second-order valence-electron chi connectivity index (χ2n) is 8.17. The third-order valence-electron chi connectivity index (χ3n) is 6.13. The number of carbonyl (C=O) groups excluding carboxylic acids is 1. The van der Waals surface area contributed by atoms with Crippen LogP contribution in [0.3, 0.4) is 0 Å². The molecule has 1 amide bonds. The van der Waals surface area contributed by atoms with E-state index in [0.29, 0.717) is 25.0 Å². The van der Waals surface area contributed by atoms with Crippen molar-refractivity contribution in [2.45, 2.75) is 57.2 Å². The van der Waals surface area contributed by atoms with Crippen LogP contribution in [0.5, 0.6) is 0 Å². The quantitative estimate of drug-likeness (QED) is 0.383. The van der Waals surface area contributed by atoms with Gasteiger partial charge in [-0.25, -0.2) is 4.79 Å². The topological polar surface area (TPSA) is 29.5 Å². The minimum Gasteiger partial charge on any atom is -0.439 e. The van der Waals surface area contributed by atoms with Crippen LogP contribution in [0.1, 0.15) is 58.4 Å². The van der Waals surface area contributed by atoms with Gasteiger partial charge in [0.1, 0.15) is 6.10 Å². The van der Waals surface area contributed by atoms with Crippen molar-refractivity contribution >= 4 is 22.0 Å². The summed E-state index contributed by atoms with van der Waals surface area (Å²) >= 11 is 3.50. The Labute approximate surface area is 188 Å². The van der Waals surface area contributed by atoms with E-state index in [1.54, 1.807) is 0 Å². The van der Waals surface area contributed by atoms with Gasteiger partial charge in [-0.3, -0.25) is 4.90 Å². The number of nitrogens with zero attached hydrogens (tertiary/aromatic N) is 1. The molecule has 3 atom stereocenters. The SMILES string of the molecule is Cc1cc(Br)c([C@@H]2CC[C@H]3[C@@H](c4cc(C(F)(F)F)cc(C(F)(F)F)c4)OC(=O)N23)cc1C. The molecular weight excluding hydrogens is 504 g/mol. The van der Waals surface area contributed by atoms with Gasteiger partial charge in [-0.1, -0.05) is 22.0 Å². The van der Waals surface area contributed by atoms with Gasteiger partial charge in [0.2, 0.25) is 0 Å². The van der Waals surface area contributed by atoms with Gasteiger partial charge in [0.25, 0.3) is 0 Å². The van der Waals surface area contributed by atoms with Gasteiger partial charge in [-0.05, 0) is 73.2 Å². The molecule has 2 aliphatic rings. The van der Waals surface area contributed by atoms with E-state index in [1.807, 2.05) is 26.0 Å². The first-order valence-electron chi connectivity index (χ1n) is 9.82. The highest BCUT2D eigenvalue weighted by atomic mass is 79.9. The average molecular weight is 522 g/mol. The van der Waals surface area contributed by atoms with E-state index in [4.69, 9.17) is 4.74 Å². The number of alkyl halides is 6. The zero-order chi connectivity index (χ0) is 23.6. The van der Waals surface area contributed by atoms with Gasteiger partial charge in [0.15, 0.2) is 0 Å². The third kappa shape index (κ3) is 3.97. The normalized spacial score (nSPS) is 23.5. The fraction of sp³-hybridized carbons (Fsp3) is 0.409. The van der Waals surface area contributed by atoms with Crippen molar-refractivity contribution in [3.8, 4) is 0 Å². The highest BCUT2D eigenvalue weighted by molar-refractivity contribution is 9.10. The summed E-state index contributed by atoms with van der Waals surface area (Å²) in [6.07, 6.45) is -11.0. The van der Waals surface area contributed by atoms with Crippen molar-refractivity contribution in [2.24, 2.45) is 0 Å². The van der Waals surface area contributed by atoms with Gasteiger partial charge in [-0.15, -0.1) is 0 Å². The summed E-state index contributed by atoms with van der Waals surface area (Å²) in [5.41, 5.74) is -0.295. The first-order valence-corrected chi connectivity index (χ1v) is 10.6. The molecule has 2 heterocycles. The van der Waals surface area contributed by atoms with E-state index in [-0.39, 0.29) is 17.7 Å². The molecule has 0 aromatic heterocycles. The predicted molar refractivity (Wildman–Crippen MR) is 107 cm³/mol. The Hall–Kier alpha value is -2.23. The summed E-state index contributed by atoms with van der Waals surface area (Å²) in [4.78, 5) is 14.1. The highest BCUT2D eigenvalue weighted by Crippen LogP contribution is 2.50. The number of hydrogen-bond acceptors (Lipinski definition) is 2. The van der Waals surface area contributed by atoms with Crippen molar-refractivity contribution < 1.29 is 35.9 Å². The van der Waals surface area contributed by atoms with Crippen molar-refractivity contribution in [1.29, 1.82) is 0 Å². The van der Waals surface area contributed by atoms with Crippen molar-refractivity contribution in [2.75, 3.05) is 0 Å². The van der Waals surface area contributed by atoms with Crippen LogP contribution >= 0.6 is 15.9 Å². The van der Waals surface area contributed by atoms with Crippen LogP contribution in [0, 0.1) is 13.8 Å². The van der Waals surface area contributed by atoms with E-state index in [2.05, 4.69) is 15.9 Å². The molecule has 0 radical (unpaired) electrons. The van der Waals surface area contributed by atoms with E-state index in [0.717, 1.165) is 21.2 Å². The molecule has 2 fully saturated rings. The summed E-state index contributed by atoms with van der Waals surface area (Å²) in [7, 11) is 0. The molecule has 0 N–H and O–H groups in total. The lowest BCUT2D eigenvalue weighted by molar-refractivity contribution is -0.143. The summed E-state index contributed by atoms with van der Waals surface area (Å²) in [5, 5.41) is 0. The molecule has 2 aromatic rings. The van der Waals surface area contributed by atoms with Crippen LogP contribution in [0.2, 0.25) is 0 Å². The lowest BCUT2D eigenvalue weighted by Crippen LogP contribution is -2.30. The van der Waals surface area contributed by atoms with E-state index < -0.39 is 41.7 Å². The molecule has 0 bridgehead atoms. The lowest BCUT2D eigenvalue weighted by Gasteiger charge is -2.24. The smallest absolute Gasteiger partial charge is 0.416 e.